The number of rotatable bonds is 5. The summed E-state index contributed by atoms with van der Waals surface area (Å²) in [5.74, 6) is -0.184. The van der Waals surface area contributed by atoms with Crippen molar-refractivity contribution in [3.8, 4) is 0 Å². The molecule has 0 N–H and O–H groups in total. The van der Waals surface area contributed by atoms with E-state index in [1.807, 2.05) is 7.05 Å². The van der Waals surface area contributed by atoms with E-state index in [0.29, 0.717) is 19.8 Å². The van der Waals surface area contributed by atoms with Gasteiger partial charge in [0.15, 0.2) is 0 Å². The SMILES string of the molecule is CCc1ccc(N(C)CC2(C(=O)OC)COC2)cc1. The fourth-order valence-corrected chi connectivity index (χ4v) is 2.37. The van der Waals surface area contributed by atoms with Gasteiger partial charge in [-0.3, -0.25) is 4.79 Å². The van der Waals surface area contributed by atoms with Gasteiger partial charge in [-0.15, -0.1) is 0 Å². The van der Waals surface area contributed by atoms with Crippen molar-refractivity contribution in [3.63, 3.8) is 0 Å². The van der Waals surface area contributed by atoms with E-state index in [2.05, 4.69) is 36.1 Å². The normalized spacial score (nSPS) is 16.6. The van der Waals surface area contributed by atoms with Crippen LogP contribution in [0.1, 0.15) is 12.5 Å². The first-order chi connectivity index (χ1) is 9.11. The molecule has 0 saturated carbocycles. The molecule has 1 heterocycles. The highest BCUT2D eigenvalue weighted by Crippen LogP contribution is 2.31. The van der Waals surface area contributed by atoms with Crippen LogP contribution in [0.25, 0.3) is 0 Å². The minimum Gasteiger partial charge on any atom is -0.468 e. The number of nitrogens with zero attached hydrogens (tertiary/aromatic N) is 1. The molecule has 19 heavy (non-hydrogen) atoms. The van der Waals surface area contributed by atoms with Crippen LogP contribution >= 0.6 is 0 Å². The van der Waals surface area contributed by atoms with E-state index >= 15 is 0 Å². The zero-order valence-electron chi connectivity index (χ0n) is 11.8. The number of carbonyl (C=O) groups is 1. The van der Waals surface area contributed by atoms with Gasteiger partial charge in [0, 0.05) is 19.3 Å². The van der Waals surface area contributed by atoms with Crippen molar-refractivity contribution in [2.24, 2.45) is 5.41 Å². The Kier molecular flexibility index (Phi) is 4.10. The highest BCUT2D eigenvalue weighted by Gasteiger charge is 2.48. The third kappa shape index (κ3) is 2.73. The molecule has 104 valence electrons. The molecule has 1 fully saturated rings. The smallest absolute Gasteiger partial charge is 0.318 e. The molecule has 1 saturated heterocycles. The molecule has 0 unspecified atom stereocenters. The minimum atomic E-state index is -0.507. The quantitative estimate of drug-likeness (QED) is 0.760. The van der Waals surface area contributed by atoms with Gasteiger partial charge >= 0.3 is 5.97 Å². The van der Waals surface area contributed by atoms with E-state index in [1.165, 1.54) is 12.7 Å². The summed E-state index contributed by atoms with van der Waals surface area (Å²) in [7, 11) is 3.42. The van der Waals surface area contributed by atoms with Crippen LogP contribution in [-0.4, -0.2) is 39.9 Å². The molecule has 0 amide bonds. The van der Waals surface area contributed by atoms with E-state index < -0.39 is 5.41 Å². The van der Waals surface area contributed by atoms with Gasteiger partial charge in [-0.25, -0.2) is 0 Å². The molecular formula is C15H21NO3. The molecule has 1 aromatic carbocycles. The molecule has 1 aliphatic rings. The van der Waals surface area contributed by atoms with E-state index in [9.17, 15) is 4.79 Å². The number of ether oxygens (including phenoxy) is 2. The van der Waals surface area contributed by atoms with Crippen molar-refractivity contribution in [3.05, 3.63) is 29.8 Å². The van der Waals surface area contributed by atoms with E-state index in [1.54, 1.807) is 0 Å². The number of anilines is 1. The predicted octanol–water partition coefficient (Wildman–Crippen LogP) is 1.87. The molecule has 0 bridgehead atoms. The summed E-state index contributed by atoms with van der Waals surface area (Å²) < 4.78 is 10.1. The number of benzene rings is 1. The Bertz CT molecular complexity index is 437. The molecule has 4 heteroatoms. The number of methoxy groups -OCH3 is 1. The minimum absolute atomic E-state index is 0.184. The molecule has 0 atom stereocenters. The summed E-state index contributed by atoms with van der Waals surface area (Å²) in [6.07, 6.45) is 1.03. The summed E-state index contributed by atoms with van der Waals surface area (Å²) in [5.41, 5.74) is 1.91. The van der Waals surface area contributed by atoms with Crippen molar-refractivity contribution >= 4 is 11.7 Å². The third-order valence-corrected chi connectivity index (χ3v) is 3.70. The number of aryl methyl sites for hydroxylation is 1. The van der Waals surface area contributed by atoms with E-state index in [0.717, 1.165) is 12.1 Å². The van der Waals surface area contributed by atoms with E-state index in [4.69, 9.17) is 9.47 Å². The molecule has 0 aliphatic carbocycles. The molecular weight excluding hydrogens is 242 g/mol. The Hall–Kier alpha value is -1.55. The Balaban J connectivity index is 2.06. The van der Waals surface area contributed by atoms with Crippen molar-refractivity contribution in [2.75, 3.05) is 38.8 Å². The first-order valence-corrected chi connectivity index (χ1v) is 6.57. The summed E-state index contributed by atoms with van der Waals surface area (Å²) >= 11 is 0. The first kappa shape index (κ1) is 13.9. The van der Waals surface area contributed by atoms with Crippen molar-refractivity contribution in [1.29, 1.82) is 0 Å². The second-order valence-electron chi connectivity index (χ2n) is 5.14. The van der Waals surface area contributed by atoms with Gasteiger partial charge in [-0.1, -0.05) is 19.1 Å². The van der Waals surface area contributed by atoms with Crippen molar-refractivity contribution in [1.82, 2.24) is 0 Å². The zero-order chi connectivity index (χ0) is 13.9. The summed E-state index contributed by atoms with van der Waals surface area (Å²) in [5, 5.41) is 0. The number of esters is 1. The lowest BCUT2D eigenvalue weighted by atomic mass is 9.85. The van der Waals surface area contributed by atoms with Crippen molar-refractivity contribution in [2.45, 2.75) is 13.3 Å². The zero-order valence-corrected chi connectivity index (χ0v) is 11.8. The lowest BCUT2D eigenvalue weighted by Crippen LogP contribution is -2.56. The van der Waals surface area contributed by atoms with Gasteiger partial charge in [0.1, 0.15) is 5.41 Å². The van der Waals surface area contributed by atoms with Gasteiger partial charge in [-0.05, 0) is 24.1 Å². The summed E-state index contributed by atoms with van der Waals surface area (Å²) in [6.45, 7) is 3.63. The Morgan fingerprint density at radius 3 is 2.42 bits per heavy atom. The van der Waals surface area contributed by atoms with Gasteiger partial charge in [0.25, 0.3) is 0 Å². The summed E-state index contributed by atoms with van der Waals surface area (Å²) in [6, 6.07) is 8.41. The molecule has 0 spiro atoms. The average molecular weight is 263 g/mol. The second kappa shape index (κ2) is 5.61. The van der Waals surface area contributed by atoms with Crippen LogP contribution in [-0.2, 0) is 20.7 Å². The number of carbonyl (C=O) groups excluding carboxylic acids is 1. The Morgan fingerprint density at radius 1 is 1.37 bits per heavy atom. The largest absolute Gasteiger partial charge is 0.468 e. The predicted molar refractivity (Wildman–Crippen MR) is 74.4 cm³/mol. The third-order valence-electron chi connectivity index (χ3n) is 3.70. The van der Waals surface area contributed by atoms with Crippen molar-refractivity contribution < 1.29 is 14.3 Å². The monoisotopic (exact) mass is 263 g/mol. The topological polar surface area (TPSA) is 38.8 Å². The van der Waals surface area contributed by atoms with Crippen LogP contribution < -0.4 is 4.90 Å². The standard InChI is InChI=1S/C15H21NO3/c1-4-12-5-7-13(8-6-12)16(2)9-15(10-19-11-15)14(17)18-3/h5-8H,4,9-11H2,1-3H3. The van der Waals surface area contributed by atoms with Crippen LogP contribution in [0.15, 0.2) is 24.3 Å². The highest BCUT2D eigenvalue weighted by molar-refractivity contribution is 5.79. The van der Waals surface area contributed by atoms with Crippen LogP contribution in [0.5, 0.6) is 0 Å². The van der Waals surface area contributed by atoms with Crippen LogP contribution in [0, 0.1) is 5.41 Å². The maximum Gasteiger partial charge on any atom is 0.318 e. The fourth-order valence-electron chi connectivity index (χ4n) is 2.37. The number of hydrogen-bond donors (Lipinski definition) is 0. The second-order valence-corrected chi connectivity index (χ2v) is 5.14. The molecule has 1 aliphatic heterocycles. The Morgan fingerprint density at radius 2 is 2.00 bits per heavy atom. The Labute approximate surface area is 114 Å². The van der Waals surface area contributed by atoms with Crippen LogP contribution in [0.4, 0.5) is 5.69 Å². The van der Waals surface area contributed by atoms with Gasteiger partial charge < -0.3 is 14.4 Å². The van der Waals surface area contributed by atoms with Gasteiger partial charge in [0.05, 0.1) is 20.3 Å². The first-order valence-electron chi connectivity index (χ1n) is 6.57. The number of hydrogen-bond acceptors (Lipinski definition) is 4. The maximum absolute atomic E-state index is 11.9. The fraction of sp³-hybridized carbons (Fsp3) is 0.533. The molecule has 4 nitrogen and oxygen atoms in total. The van der Waals surface area contributed by atoms with E-state index in [-0.39, 0.29) is 5.97 Å². The maximum atomic E-state index is 11.9. The lowest BCUT2D eigenvalue weighted by Gasteiger charge is -2.41. The summed E-state index contributed by atoms with van der Waals surface area (Å²) in [4.78, 5) is 13.9. The molecule has 1 aromatic rings. The lowest BCUT2D eigenvalue weighted by molar-refractivity contribution is -0.180. The average Bonchev–Trinajstić information content (AvgIpc) is 2.41. The highest BCUT2D eigenvalue weighted by atomic mass is 16.5. The van der Waals surface area contributed by atoms with Gasteiger partial charge in [0.2, 0.25) is 0 Å². The van der Waals surface area contributed by atoms with Crippen LogP contribution in [0.3, 0.4) is 0 Å². The molecule has 0 aromatic heterocycles. The molecule has 0 radical (unpaired) electrons. The van der Waals surface area contributed by atoms with Crippen LogP contribution in [0.2, 0.25) is 0 Å². The molecule has 2 rings (SSSR count). The van der Waals surface area contributed by atoms with Gasteiger partial charge in [-0.2, -0.15) is 0 Å².